The average Bonchev–Trinajstić information content (AvgIpc) is 2.82. The minimum Gasteiger partial charge on any atom is -0.377 e. The van der Waals surface area contributed by atoms with Gasteiger partial charge in [-0.2, -0.15) is 5.10 Å². The van der Waals surface area contributed by atoms with Crippen LogP contribution in [0.1, 0.15) is 0 Å². The molecule has 2 aromatic heterocycles. The molecule has 18 heavy (non-hydrogen) atoms. The molecule has 0 aliphatic heterocycles. The van der Waals surface area contributed by atoms with Crippen molar-refractivity contribution < 1.29 is 0 Å². The molecule has 0 N–H and O–H groups in total. The van der Waals surface area contributed by atoms with E-state index in [2.05, 4.69) is 27.1 Å². The fraction of sp³-hybridized carbons (Fsp3) is 0.143. The Balaban J connectivity index is 2.20. The van der Waals surface area contributed by atoms with Gasteiger partial charge in [-0.1, -0.05) is 18.2 Å². The Morgan fingerprint density at radius 1 is 1.06 bits per heavy atom. The molecule has 0 unspecified atom stereocenters. The van der Waals surface area contributed by atoms with Gasteiger partial charge in [0.2, 0.25) is 0 Å². The zero-order chi connectivity index (χ0) is 12.5. The molecule has 0 saturated carbocycles. The second kappa shape index (κ2) is 4.14. The number of hydrogen-bond donors (Lipinski definition) is 0. The first kappa shape index (κ1) is 10.8. The van der Waals surface area contributed by atoms with Gasteiger partial charge in [-0.25, -0.2) is 9.50 Å². The van der Waals surface area contributed by atoms with Crippen LogP contribution in [-0.2, 0) is 0 Å². The third-order valence-electron chi connectivity index (χ3n) is 2.90. The van der Waals surface area contributed by atoms with Gasteiger partial charge in [0.05, 0.1) is 11.9 Å². The maximum Gasteiger partial charge on any atom is 0.154 e. The van der Waals surface area contributed by atoms with E-state index < -0.39 is 0 Å². The van der Waals surface area contributed by atoms with Crippen molar-refractivity contribution in [3.63, 3.8) is 0 Å². The first-order valence-electron chi connectivity index (χ1n) is 5.83. The Kier molecular flexibility index (Phi) is 2.48. The molecule has 3 rings (SSSR count). The van der Waals surface area contributed by atoms with Gasteiger partial charge >= 0.3 is 0 Å². The summed E-state index contributed by atoms with van der Waals surface area (Å²) in [5.41, 5.74) is 4.08. The molecule has 0 fully saturated rings. The number of aromatic nitrogens is 3. The van der Waals surface area contributed by atoms with Crippen molar-refractivity contribution in [1.29, 1.82) is 0 Å². The largest absolute Gasteiger partial charge is 0.377 e. The molecule has 4 heteroatoms. The summed E-state index contributed by atoms with van der Waals surface area (Å²) in [6.07, 6.45) is 3.72. The second-order valence-corrected chi connectivity index (χ2v) is 4.36. The van der Waals surface area contributed by atoms with Crippen molar-refractivity contribution in [1.82, 2.24) is 14.6 Å². The van der Waals surface area contributed by atoms with E-state index in [0.29, 0.717) is 0 Å². The molecular weight excluding hydrogens is 224 g/mol. The molecule has 4 nitrogen and oxygen atoms in total. The van der Waals surface area contributed by atoms with Gasteiger partial charge in [-0.05, 0) is 18.2 Å². The molecule has 3 aromatic rings. The molecule has 0 amide bonds. The highest BCUT2D eigenvalue weighted by molar-refractivity contribution is 5.76. The van der Waals surface area contributed by atoms with E-state index >= 15 is 0 Å². The molecule has 0 aliphatic rings. The first-order chi connectivity index (χ1) is 8.75. The molecule has 0 aliphatic carbocycles. The van der Waals surface area contributed by atoms with Gasteiger partial charge < -0.3 is 4.90 Å². The third kappa shape index (κ3) is 1.72. The highest BCUT2D eigenvalue weighted by atomic mass is 15.2. The summed E-state index contributed by atoms with van der Waals surface area (Å²) in [6.45, 7) is 0. The van der Waals surface area contributed by atoms with Crippen LogP contribution in [0.15, 0.2) is 48.8 Å². The molecule has 90 valence electrons. The molecule has 0 spiro atoms. The SMILES string of the molecule is CN(C)c1ccccc1-c1cn2ncccc2n1. The Morgan fingerprint density at radius 3 is 2.67 bits per heavy atom. The normalized spacial score (nSPS) is 10.8. The van der Waals surface area contributed by atoms with Crippen LogP contribution in [0.5, 0.6) is 0 Å². The number of imidazole rings is 1. The molecule has 1 aromatic carbocycles. The number of benzene rings is 1. The average molecular weight is 238 g/mol. The van der Waals surface area contributed by atoms with E-state index in [4.69, 9.17) is 0 Å². The van der Waals surface area contributed by atoms with E-state index in [1.807, 2.05) is 44.6 Å². The predicted octanol–water partition coefficient (Wildman–Crippen LogP) is 2.46. The summed E-state index contributed by atoms with van der Waals surface area (Å²) < 4.78 is 1.79. The topological polar surface area (TPSA) is 33.4 Å². The Bertz CT molecular complexity index is 652. The lowest BCUT2D eigenvalue weighted by Crippen LogP contribution is -2.09. The minimum absolute atomic E-state index is 0.862. The third-order valence-corrected chi connectivity index (χ3v) is 2.90. The van der Waals surface area contributed by atoms with E-state index in [1.54, 1.807) is 10.7 Å². The smallest absolute Gasteiger partial charge is 0.154 e. The highest BCUT2D eigenvalue weighted by Crippen LogP contribution is 2.28. The van der Waals surface area contributed by atoms with Crippen molar-refractivity contribution in [3.05, 3.63) is 48.8 Å². The quantitative estimate of drug-likeness (QED) is 0.687. The lowest BCUT2D eigenvalue weighted by molar-refractivity contribution is 0.936. The van der Waals surface area contributed by atoms with Crippen molar-refractivity contribution in [2.45, 2.75) is 0 Å². The molecule has 2 heterocycles. The van der Waals surface area contributed by atoms with Crippen molar-refractivity contribution in [2.75, 3.05) is 19.0 Å². The Morgan fingerprint density at radius 2 is 1.89 bits per heavy atom. The summed E-state index contributed by atoms with van der Waals surface area (Å²) >= 11 is 0. The molecule has 0 bridgehead atoms. The van der Waals surface area contributed by atoms with E-state index in [-0.39, 0.29) is 0 Å². The van der Waals surface area contributed by atoms with E-state index in [1.165, 1.54) is 0 Å². The van der Waals surface area contributed by atoms with E-state index in [0.717, 1.165) is 22.6 Å². The maximum atomic E-state index is 4.60. The summed E-state index contributed by atoms with van der Waals surface area (Å²) in [5.74, 6) is 0. The van der Waals surface area contributed by atoms with Crippen LogP contribution in [0.25, 0.3) is 16.9 Å². The fourth-order valence-corrected chi connectivity index (χ4v) is 2.04. The van der Waals surface area contributed by atoms with Gasteiger partial charge in [-0.3, -0.25) is 0 Å². The van der Waals surface area contributed by atoms with Crippen LogP contribution in [-0.4, -0.2) is 28.7 Å². The summed E-state index contributed by atoms with van der Waals surface area (Å²) in [6, 6.07) is 12.1. The first-order valence-corrected chi connectivity index (χ1v) is 5.83. The number of nitrogens with zero attached hydrogens (tertiary/aromatic N) is 4. The van der Waals surface area contributed by atoms with E-state index in [9.17, 15) is 0 Å². The number of para-hydroxylation sites is 1. The van der Waals surface area contributed by atoms with Crippen LogP contribution < -0.4 is 4.90 Å². The number of rotatable bonds is 2. The van der Waals surface area contributed by atoms with Crippen molar-refractivity contribution >= 4 is 11.3 Å². The monoisotopic (exact) mass is 238 g/mol. The zero-order valence-corrected chi connectivity index (χ0v) is 10.4. The number of fused-ring (bicyclic) bond motifs is 1. The lowest BCUT2D eigenvalue weighted by atomic mass is 10.1. The number of hydrogen-bond acceptors (Lipinski definition) is 3. The van der Waals surface area contributed by atoms with Crippen molar-refractivity contribution in [3.8, 4) is 11.3 Å². The van der Waals surface area contributed by atoms with Crippen LogP contribution in [0.4, 0.5) is 5.69 Å². The van der Waals surface area contributed by atoms with Gasteiger partial charge in [0, 0.05) is 31.5 Å². The van der Waals surface area contributed by atoms with Crippen LogP contribution >= 0.6 is 0 Å². The molecule has 0 atom stereocenters. The highest BCUT2D eigenvalue weighted by Gasteiger charge is 2.09. The minimum atomic E-state index is 0.862. The summed E-state index contributed by atoms with van der Waals surface area (Å²) in [4.78, 5) is 6.69. The van der Waals surface area contributed by atoms with Gasteiger partial charge in [0.25, 0.3) is 0 Å². The maximum absolute atomic E-state index is 4.60. The molecule has 0 saturated heterocycles. The standard InChI is InChI=1S/C14H14N4/c1-17(2)13-7-4-3-6-11(13)12-10-18-14(16-12)8-5-9-15-18/h3-10H,1-2H3. The zero-order valence-electron chi connectivity index (χ0n) is 10.4. The lowest BCUT2D eigenvalue weighted by Gasteiger charge is -2.15. The fourth-order valence-electron chi connectivity index (χ4n) is 2.04. The number of anilines is 1. The second-order valence-electron chi connectivity index (χ2n) is 4.36. The van der Waals surface area contributed by atoms with Gasteiger partial charge in [-0.15, -0.1) is 0 Å². The van der Waals surface area contributed by atoms with Crippen LogP contribution in [0.3, 0.4) is 0 Å². The summed E-state index contributed by atoms with van der Waals surface area (Å²) in [5, 5.41) is 4.24. The Labute approximate surface area is 106 Å². The summed E-state index contributed by atoms with van der Waals surface area (Å²) in [7, 11) is 4.07. The molecule has 0 radical (unpaired) electrons. The van der Waals surface area contributed by atoms with Gasteiger partial charge in [0.1, 0.15) is 0 Å². The van der Waals surface area contributed by atoms with Crippen molar-refractivity contribution in [2.24, 2.45) is 0 Å². The molecular formula is C14H14N4. The van der Waals surface area contributed by atoms with Crippen LogP contribution in [0, 0.1) is 0 Å². The van der Waals surface area contributed by atoms with Gasteiger partial charge in [0.15, 0.2) is 5.65 Å². The van der Waals surface area contributed by atoms with Crippen LogP contribution in [0.2, 0.25) is 0 Å². The predicted molar refractivity (Wildman–Crippen MR) is 72.8 cm³/mol. The Hall–Kier alpha value is -2.36.